The van der Waals surface area contributed by atoms with Crippen LogP contribution in [0.2, 0.25) is 0 Å². The van der Waals surface area contributed by atoms with Gasteiger partial charge in [0, 0.05) is 31.4 Å². The Bertz CT molecular complexity index is 1310. The summed E-state index contributed by atoms with van der Waals surface area (Å²) in [5, 5.41) is 8.38. The topological polar surface area (TPSA) is 85.2 Å². The van der Waals surface area contributed by atoms with Crippen molar-refractivity contribution in [3.8, 4) is 11.4 Å². The molecule has 0 bridgehead atoms. The molecule has 1 amide bonds. The number of nitrogens with zero attached hydrogens (tertiary/aromatic N) is 5. The van der Waals surface area contributed by atoms with Gasteiger partial charge in [-0.15, -0.1) is 5.10 Å². The van der Waals surface area contributed by atoms with Gasteiger partial charge in [0.1, 0.15) is 23.7 Å². The first-order valence-electron chi connectivity index (χ1n) is 11.2. The zero-order valence-electron chi connectivity index (χ0n) is 18.8. The van der Waals surface area contributed by atoms with Crippen LogP contribution < -0.4 is 15.0 Å². The van der Waals surface area contributed by atoms with Crippen molar-refractivity contribution in [2.75, 3.05) is 25.1 Å². The fourth-order valence-electron chi connectivity index (χ4n) is 4.36. The maximum Gasteiger partial charge on any atom is 0.225 e. The van der Waals surface area contributed by atoms with Gasteiger partial charge in [0.05, 0.1) is 24.1 Å². The number of rotatable bonds is 6. The zero-order chi connectivity index (χ0) is 23.5. The van der Waals surface area contributed by atoms with E-state index >= 15 is 0 Å². The fourth-order valence-corrected chi connectivity index (χ4v) is 4.36. The highest BCUT2D eigenvalue weighted by atomic mass is 19.1. The smallest absolute Gasteiger partial charge is 0.225 e. The number of halogens is 1. The summed E-state index contributed by atoms with van der Waals surface area (Å²) in [4.78, 5) is 23.9. The molecule has 1 unspecified atom stereocenters. The van der Waals surface area contributed by atoms with Gasteiger partial charge in [-0.2, -0.15) is 0 Å². The van der Waals surface area contributed by atoms with Gasteiger partial charge in [0.25, 0.3) is 0 Å². The number of piperidine rings is 1. The van der Waals surface area contributed by atoms with Crippen LogP contribution in [0.25, 0.3) is 16.7 Å². The molecule has 2 aromatic heterocycles. The molecule has 0 saturated carbocycles. The monoisotopic (exact) mass is 460 g/mol. The van der Waals surface area contributed by atoms with E-state index in [1.807, 2.05) is 30.5 Å². The fraction of sp³-hybridized carbons (Fsp3) is 0.280. The molecule has 1 aliphatic heterocycles. The number of aromatic nitrogens is 4. The Labute approximate surface area is 196 Å². The van der Waals surface area contributed by atoms with Crippen molar-refractivity contribution in [1.82, 2.24) is 25.1 Å². The average molecular weight is 461 g/mol. The van der Waals surface area contributed by atoms with E-state index in [1.165, 1.54) is 18.5 Å². The van der Waals surface area contributed by atoms with Gasteiger partial charge in [0.15, 0.2) is 5.65 Å². The van der Waals surface area contributed by atoms with E-state index in [2.05, 4.69) is 25.3 Å². The van der Waals surface area contributed by atoms with Crippen LogP contribution in [0, 0.1) is 11.7 Å². The number of nitrogens with one attached hydrogen (secondary N) is 1. The van der Waals surface area contributed by atoms with E-state index in [4.69, 9.17) is 4.74 Å². The zero-order valence-corrected chi connectivity index (χ0v) is 18.8. The molecule has 8 nitrogen and oxygen atoms in total. The second kappa shape index (κ2) is 9.46. The molecule has 1 aliphatic rings. The van der Waals surface area contributed by atoms with Gasteiger partial charge >= 0.3 is 0 Å². The third-order valence-corrected chi connectivity index (χ3v) is 6.12. The van der Waals surface area contributed by atoms with Crippen molar-refractivity contribution in [2.24, 2.45) is 5.92 Å². The number of anilines is 1. The molecule has 0 radical (unpaired) electrons. The van der Waals surface area contributed by atoms with E-state index in [0.717, 1.165) is 47.6 Å². The lowest BCUT2D eigenvalue weighted by Gasteiger charge is -2.33. The second-order valence-corrected chi connectivity index (χ2v) is 8.30. The normalized spacial score (nSPS) is 15.9. The molecule has 0 aliphatic carbocycles. The molecular formula is C25H25FN6O2. The lowest BCUT2D eigenvalue weighted by molar-refractivity contribution is -0.125. The van der Waals surface area contributed by atoms with Crippen LogP contribution in [0.1, 0.15) is 18.4 Å². The number of hydrogen-bond acceptors (Lipinski definition) is 6. The van der Waals surface area contributed by atoms with Crippen LogP contribution >= 0.6 is 0 Å². The van der Waals surface area contributed by atoms with E-state index in [-0.39, 0.29) is 17.6 Å². The molecule has 2 aromatic carbocycles. The summed E-state index contributed by atoms with van der Waals surface area (Å²) in [7, 11) is 1.63. The first-order chi connectivity index (χ1) is 16.6. The molecule has 1 N–H and O–H groups in total. The minimum absolute atomic E-state index is 0.0166. The van der Waals surface area contributed by atoms with Gasteiger partial charge in [0.2, 0.25) is 5.91 Å². The molecule has 0 spiro atoms. The quantitative estimate of drug-likeness (QED) is 0.474. The molecule has 1 saturated heterocycles. The van der Waals surface area contributed by atoms with Crippen molar-refractivity contribution in [3.05, 3.63) is 72.4 Å². The van der Waals surface area contributed by atoms with E-state index in [9.17, 15) is 9.18 Å². The summed E-state index contributed by atoms with van der Waals surface area (Å²) in [5.74, 6) is 1.07. The number of amides is 1. The Balaban J connectivity index is 1.32. The molecular weight excluding hydrogens is 435 g/mol. The SMILES string of the molecule is COc1ccccc1CNC(=O)C1CCCN(c2ncnc3nn(-c4ccc(F)cc4)cc23)C1. The first-order valence-corrected chi connectivity index (χ1v) is 11.2. The van der Waals surface area contributed by atoms with Crippen LogP contribution in [0.4, 0.5) is 10.2 Å². The molecule has 4 aromatic rings. The number of ether oxygens (including phenoxy) is 1. The molecule has 1 atom stereocenters. The van der Waals surface area contributed by atoms with Crippen LogP contribution in [0.5, 0.6) is 5.75 Å². The molecule has 174 valence electrons. The van der Waals surface area contributed by atoms with E-state index in [0.29, 0.717) is 18.7 Å². The number of fused-ring (bicyclic) bond motifs is 1. The number of benzene rings is 2. The van der Waals surface area contributed by atoms with Crippen LogP contribution in [-0.2, 0) is 11.3 Å². The molecule has 34 heavy (non-hydrogen) atoms. The maximum atomic E-state index is 13.3. The van der Waals surface area contributed by atoms with Crippen molar-refractivity contribution in [1.29, 1.82) is 0 Å². The number of carbonyl (C=O) groups is 1. The number of carbonyl (C=O) groups excluding carboxylic acids is 1. The van der Waals surface area contributed by atoms with Crippen molar-refractivity contribution < 1.29 is 13.9 Å². The third kappa shape index (κ3) is 4.41. The molecule has 1 fully saturated rings. The van der Waals surface area contributed by atoms with Crippen molar-refractivity contribution in [3.63, 3.8) is 0 Å². The predicted molar refractivity (Wildman–Crippen MR) is 126 cm³/mol. The molecule has 3 heterocycles. The summed E-state index contributed by atoms with van der Waals surface area (Å²) >= 11 is 0. The lowest BCUT2D eigenvalue weighted by atomic mass is 9.97. The minimum atomic E-state index is -0.302. The Hall–Kier alpha value is -4.01. The number of methoxy groups -OCH3 is 1. The summed E-state index contributed by atoms with van der Waals surface area (Å²) < 4.78 is 20.4. The van der Waals surface area contributed by atoms with E-state index in [1.54, 1.807) is 23.9 Å². The number of para-hydroxylation sites is 1. The Morgan fingerprint density at radius 2 is 2.00 bits per heavy atom. The number of hydrogen-bond donors (Lipinski definition) is 1. The lowest BCUT2D eigenvalue weighted by Crippen LogP contribution is -2.43. The van der Waals surface area contributed by atoms with Crippen LogP contribution in [-0.4, -0.2) is 45.9 Å². The Kier molecular flexibility index (Phi) is 6.07. The standard InChI is InChI=1S/C25H25FN6O2/c1-34-22-7-3-2-5-17(22)13-27-25(33)18-6-4-12-31(14-18)24-21-15-32(30-23(21)28-16-29-24)20-10-8-19(26)9-11-20/h2-3,5,7-11,15-16,18H,4,6,12-14H2,1H3,(H,27,33). The average Bonchev–Trinajstić information content (AvgIpc) is 3.32. The van der Waals surface area contributed by atoms with Crippen LogP contribution in [0.3, 0.4) is 0 Å². The highest BCUT2D eigenvalue weighted by Crippen LogP contribution is 2.28. The van der Waals surface area contributed by atoms with Gasteiger partial charge in [-0.25, -0.2) is 19.0 Å². The van der Waals surface area contributed by atoms with Gasteiger partial charge in [-0.1, -0.05) is 18.2 Å². The summed E-state index contributed by atoms with van der Waals surface area (Å²) in [5.41, 5.74) is 2.23. The predicted octanol–water partition coefficient (Wildman–Crippen LogP) is 3.50. The Morgan fingerprint density at radius 1 is 1.18 bits per heavy atom. The third-order valence-electron chi connectivity index (χ3n) is 6.12. The second-order valence-electron chi connectivity index (χ2n) is 8.30. The largest absolute Gasteiger partial charge is 0.496 e. The van der Waals surface area contributed by atoms with Gasteiger partial charge < -0.3 is 15.0 Å². The first kappa shape index (κ1) is 21.8. The van der Waals surface area contributed by atoms with Crippen molar-refractivity contribution in [2.45, 2.75) is 19.4 Å². The summed E-state index contributed by atoms with van der Waals surface area (Å²) in [6, 6.07) is 13.8. The van der Waals surface area contributed by atoms with E-state index < -0.39 is 0 Å². The maximum absolute atomic E-state index is 13.3. The molecule has 9 heteroatoms. The molecule has 5 rings (SSSR count). The van der Waals surface area contributed by atoms with Gasteiger partial charge in [-0.3, -0.25) is 4.79 Å². The highest BCUT2D eigenvalue weighted by molar-refractivity contribution is 5.87. The van der Waals surface area contributed by atoms with Crippen LogP contribution in [0.15, 0.2) is 61.1 Å². The van der Waals surface area contributed by atoms with Crippen molar-refractivity contribution >= 4 is 22.8 Å². The summed E-state index contributed by atoms with van der Waals surface area (Å²) in [6.45, 7) is 1.78. The Morgan fingerprint density at radius 3 is 2.82 bits per heavy atom. The van der Waals surface area contributed by atoms with Gasteiger partial charge in [-0.05, 0) is 43.2 Å². The minimum Gasteiger partial charge on any atom is -0.496 e. The highest BCUT2D eigenvalue weighted by Gasteiger charge is 2.28. The summed E-state index contributed by atoms with van der Waals surface area (Å²) in [6.07, 6.45) is 5.04.